The van der Waals surface area contributed by atoms with Crippen molar-refractivity contribution in [3.05, 3.63) is 28.8 Å². The van der Waals surface area contributed by atoms with Crippen molar-refractivity contribution in [2.75, 3.05) is 20.7 Å². The van der Waals surface area contributed by atoms with Gasteiger partial charge >= 0.3 is 5.97 Å². The minimum absolute atomic E-state index is 0.0806. The first kappa shape index (κ1) is 14.8. The number of ether oxygens (including phenoxy) is 1. The molecule has 0 bridgehead atoms. The normalized spacial score (nSPS) is 11.7. The number of carboxylic acids is 1. The summed E-state index contributed by atoms with van der Waals surface area (Å²) in [5.41, 5.74) is -0.105. The molecule has 0 spiro atoms. The Labute approximate surface area is 112 Å². The highest BCUT2D eigenvalue weighted by atomic mass is 35.5. The Balaban J connectivity index is 2.89. The van der Waals surface area contributed by atoms with E-state index in [9.17, 15) is 4.79 Å². The number of rotatable bonds is 5. The maximum Gasteiger partial charge on any atom is 0.339 e. The second-order valence-electron chi connectivity index (χ2n) is 4.94. The van der Waals surface area contributed by atoms with E-state index in [1.165, 1.54) is 6.07 Å². The molecule has 4 nitrogen and oxygen atoms in total. The fourth-order valence-electron chi connectivity index (χ4n) is 1.18. The van der Waals surface area contributed by atoms with Crippen LogP contribution in [0.4, 0.5) is 0 Å². The minimum atomic E-state index is -1.05. The largest absolute Gasteiger partial charge is 0.491 e. The van der Waals surface area contributed by atoms with Gasteiger partial charge in [-0.2, -0.15) is 0 Å². The van der Waals surface area contributed by atoms with E-state index in [1.807, 2.05) is 32.8 Å². The summed E-state index contributed by atoms with van der Waals surface area (Å²) in [6.45, 7) is 4.43. The average molecular weight is 272 g/mol. The third kappa shape index (κ3) is 3.62. The maximum absolute atomic E-state index is 11.1. The van der Waals surface area contributed by atoms with Gasteiger partial charge in [0.25, 0.3) is 0 Å². The van der Waals surface area contributed by atoms with Crippen LogP contribution in [0.1, 0.15) is 24.2 Å². The lowest BCUT2D eigenvalue weighted by Crippen LogP contribution is -2.43. The molecule has 0 aliphatic heterocycles. The molecule has 1 aromatic rings. The molecule has 0 aromatic heterocycles. The fraction of sp³-hybridized carbons (Fsp3) is 0.462. The maximum atomic E-state index is 11.1. The minimum Gasteiger partial charge on any atom is -0.491 e. The molecule has 0 aliphatic rings. The lowest BCUT2D eigenvalue weighted by Gasteiger charge is -2.32. The number of aromatic carboxylic acids is 1. The van der Waals surface area contributed by atoms with E-state index >= 15 is 0 Å². The van der Waals surface area contributed by atoms with E-state index in [0.29, 0.717) is 17.4 Å². The number of hydrogen-bond acceptors (Lipinski definition) is 3. The summed E-state index contributed by atoms with van der Waals surface area (Å²) in [5, 5.41) is 9.46. The van der Waals surface area contributed by atoms with E-state index in [2.05, 4.69) is 0 Å². The number of nitrogens with zero attached hydrogens (tertiary/aromatic N) is 1. The molecule has 0 saturated heterocycles. The molecule has 0 saturated carbocycles. The summed E-state index contributed by atoms with van der Waals surface area (Å²) in [6, 6.07) is 4.59. The highest BCUT2D eigenvalue weighted by Gasteiger charge is 2.22. The van der Waals surface area contributed by atoms with Crippen LogP contribution in [0.3, 0.4) is 0 Å². The zero-order valence-electron chi connectivity index (χ0n) is 11.0. The monoisotopic (exact) mass is 271 g/mol. The van der Waals surface area contributed by atoms with Crippen LogP contribution in [0.15, 0.2) is 18.2 Å². The van der Waals surface area contributed by atoms with Gasteiger partial charge in [-0.05, 0) is 46.1 Å². The van der Waals surface area contributed by atoms with Crippen molar-refractivity contribution in [3.8, 4) is 5.75 Å². The molecule has 0 amide bonds. The molecule has 0 aliphatic carbocycles. The van der Waals surface area contributed by atoms with Crippen LogP contribution in [-0.2, 0) is 0 Å². The Morgan fingerprint density at radius 2 is 2.06 bits per heavy atom. The van der Waals surface area contributed by atoms with Crippen LogP contribution in [0, 0.1) is 0 Å². The van der Waals surface area contributed by atoms with Gasteiger partial charge in [-0.15, -0.1) is 0 Å². The lowest BCUT2D eigenvalue weighted by atomic mass is 10.1. The van der Waals surface area contributed by atoms with Gasteiger partial charge in [-0.25, -0.2) is 4.79 Å². The first-order valence-corrected chi connectivity index (χ1v) is 5.95. The van der Waals surface area contributed by atoms with Gasteiger partial charge in [0.05, 0.1) is 0 Å². The standard InChI is InChI=1S/C13H18ClNO3/c1-13(2,15(3)4)8-18-11-6-5-9(14)7-10(11)12(16)17/h5-7H,8H2,1-4H3,(H,16,17). The van der Waals surface area contributed by atoms with Crippen LogP contribution in [0.2, 0.25) is 5.02 Å². The zero-order chi connectivity index (χ0) is 13.9. The van der Waals surface area contributed by atoms with Gasteiger partial charge in [-0.3, -0.25) is 0 Å². The quantitative estimate of drug-likeness (QED) is 0.895. The first-order valence-electron chi connectivity index (χ1n) is 5.57. The first-order chi connectivity index (χ1) is 8.24. The van der Waals surface area contributed by atoms with E-state index < -0.39 is 5.97 Å². The summed E-state index contributed by atoms with van der Waals surface area (Å²) in [7, 11) is 3.90. The zero-order valence-corrected chi connectivity index (χ0v) is 11.8. The highest BCUT2D eigenvalue weighted by Crippen LogP contribution is 2.24. The molecule has 0 heterocycles. The van der Waals surface area contributed by atoms with E-state index in [0.717, 1.165) is 0 Å². The van der Waals surface area contributed by atoms with E-state index in [1.54, 1.807) is 12.1 Å². The van der Waals surface area contributed by atoms with Crippen LogP contribution in [-0.4, -0.2) is 42.2 Å². The number of halogens is 1. The number of likely N-dealkylation sites (N-methyl/N-ethyl adjacent to an activating group) is 1. The Hall–Kier alpha value is -1.26. The molecule has 5 heteroatoms. The summed E-state index contributed by atoms with van der Waals surface area (Å²) >= 11 is 5.77. The van der Waals surface area contributed by atoms with Gasteiger partial charge in [-0.1, -0.05) is 11.6 Å². The second kappa shape index (κ2) is 5.59. The molecule has 1 rings (SSSR count). The number of benzene rings is 1. The van der Waals surface area contributed by atoms with Crippen molar-refractivity contribution < 1.29 is 14.6 Å². The number of carboxylic acid groups (broad SMARTS) is 1. The van der Waals surface area contributed by atoms with Crippen LogP contribution in [0.25, 0.3) is 0 Å². The summed E-state index contributed by atoms with van der Waals surface area (Å²) in [5.74, 6) is -0.711. The Morgan fingerprint density at radius 1 is 1.44 bits per heavy atom. The van der Waals surface area contributed by atoms with E-state index in [4.69, 9.17) is 21.4 Å². The Kier molecular flexibility index (Phi) is 4.59. The van der Waals surface area contributed by atoms with Gasteiger partial charge in [0.15, 0.2) is 0 Å². The molecule has 0 atom stereocenters. The van der Waals surface area contributed by atoms with Crippen LogP contribution < -0.4 is 4.74 Å². The van der Waals surface area contributed by atoms with Gasteiger partial charge < -0.3 is 14.7 Å². The topological polar surface area (TPSA) is 49.8 Å². The lowest BCUT2D eigenvalue weighted by molar-refractivity contribution is 0.0684. The van der Waals surface area contributed by atoms with Crippen molar-refractivity contribution in [2.45, 2.75) is 19.4 Å². The van der Waals surface area contributed by atoms with Crippen molar-refractivity contribution in [1.29, 1.82) is 0 Å². The number of carbonyl (C=O) groups is 1. The second-order valence-corrected chi connectivity index (χ2v) is 5.38. The molecular weight excluding hydrogens is 254 g/mol. The molecule has 1 aromatic carbocycles. The van der Waals surface area contributed by atoms with E-state index in [-0.39, 0.29) is 11.1 Å². The Bertz CT molecular complexity index is 444. The van der Waals surface area contributed by atoms with Crippen molar-refractivity contribution >= 4 is 17.6 Å². The average Bonchev–Trinajstić information content (AvgIpc) is 2.27. The Morgan fingerprint density at radius 3 is 2.56 bits per heavy atom. The number of hydrogen-bond donors (Lipinski definition) is 1. The molecule has 18 heavy (non-hydrogen) atoms. The van der Waals surface area contributed by atoms with Crippen LogP contribution in [0.5, 0.6) is 5.75 Å². The molecular formula is C13H18ClNO3. The van der Waals surface area contributed by atoms with Crippen molar-refractivity contribution in [1.82, 2.24) is 4.90 Å². The molecule has 1 N–H and O–H groups in total. The highest BCUT2D eigenvalue weighted by molar-refractivity contribution is 6.31. The molecule has 100 valence electrons. The van der Waals surface area contributed by atoms with Crippen LogP contribution >= 0.6 is 11.6 Å². The fourth-order valence-corrected chi connectivity index (χ4v) is 1.35. The molecule has 0 radical (unpaired) electrons. The summed E-state index contributed by atoms with van der Waals surface area (Å²) in [6.07, 6.45) is 0. The van der Waals surface area contributed by atoms with Crippen molar-refractivity contribution in [2.24, 2.45) is 0 Å². The smallest absolute Gasteiger partial charge is 0.339 e. The predicted octanol–water partition coefficient (Wildman–Crippen LogP) is 2.76. The SMILES string of the molecule is CN(C)C(C)(C)COc1ccc(Cl)cc1C(=O)O. The predicted molar refractivity (Wildman–Crippen MR) is 71.7 cm³/mol. The van der Waals surface area contributed by atoms with Gasteiger partial charge in [0, 0.05) is 10.6 Å². The summed E-state index contributed by atoms with van der Waals surface area (Å²) in [4.78, 5) is 13.1. The molecule has 0 fully saturated rings. The third-order valence-corrected chi connectivity index (χ3v) is 3.20. The molecule has 0 unspecified atom stereocenters. The third-order valence-electron chi connectivity index (χ3n) is 2.96. The van der Waals surface area contributed by atoms with Gasteiger partial charge in [0.2, 0.25) is 0 Å². The van der Waals surface area contributed by atoms with Gasteiger partial charge in [0.1, 0.15) is 17.9 Å². The summed E-state index contributed by atoms with van der Waals surface area (Å²) < 4.78 is 5.60. The van der Waals surface area contributed by atoms with Crippen molar-refractivity contribution in [3.63, 3.8) is 0 Å².